The van der Waals surface area contributed by atoms with Crippen molar-refractivity contribution in [2.24, 2.45) is 5.92 Å². The average Bonchev–Trinajstić information content (AvgIpc) is 2.69. The van der Waals surface area contributed by atoms with Crippen molar-refractivity contribution in [3.05, 3.63) is 29.3 Å². The van der Waals surface area contributed by atoms with E-state index in [1.807, 2.05) is 7.05 Å². The molecule has 1 aromatic carbocycles. The molecule has 2 aliphatic rings. The van der Waals surface area contributed by atoms with Crippen LogP contribution in [0.5, 0.6) is 0 Å². The van der Waals surface area contributed by atoms with Crippen molar-refractivity contribution in [2.45, 2.75) is 63.2 Å². The summed E-state index contributed by atoms with van der Waals surface area (Å²) in [6.45, 7) is 3.70. The number of hydrogen-bond acceptors (Lipinski definition) is 3. The number of amides is 1. The minimum Gasteiger partial charge on any atom is -0.341 e. The van der Waals surface area contributed by atoms with Gasteiger partial charge in [-0.2, -0.15) is 4.31 Å². The monoisotopic (exact) mass is 392 g/mol. The standard InChI is InChI=1S/C21H32N2O3S/c1-17-11-12-19(21(24)22(2)16-18-9-5-3-6-10-18)15-20(17)27(25,26)23-13-7-4-8-14-23/h11-12,15,18H,3-10,13-14,16H2,1-2H3. The Kier molecular flexibility index (Phi) is 6.58. The Morgan fingerprint density at radius 1 is 1.07 bits per heavy atom. The SMILES string of the molecule is Cc1ccc(C(=O)N(C)CC2CCCCC2)cc1S(=O)(=O)N1CCCCC1. The van der Waals surface area contributed by atoms with Crippen molar-refractivity contribution in [1.29, 1.82) is 0 Å². The number of sulfonamides is 1. The highest BCUT2D eigenvalue weighted by molar-refractivity contribution is 7.89. The molecule has 5 nitrogen and oxygen atoms in total. The molecule has 0 bridgehead atoms. The van der Waals surface area contributed by atoms with Gasteiger partial charge in [0, 0.05) is 32.2 Å². The number of aryl methyl sites for hydroxylation is 1. The Bertz CT molecular complexity index is 764. The molecule has 1 saturated carbocycles. The zero-order valence-electron chi connectivity index (χ0n) is 16.6. The predicted molar refractivity (Wildman–Crippen MR) is 107 cm³/mol. The van der Waals surface area contributed by atoms with Crippen LogP contribution in [0.1, 0.15) is 67.3 Å². The highest BCUT2D eigenvalue weighted by atomic mass is 32.2. The van der Waals surface area contributed by atoms with Gasteiger partial charge in [-0.05, 0) is 56.2 Å². The lowest BCUT2D eigenvalue weighted by atomic mass is 9.89. The molecule has 150 valence electrons. The molecule has 27 heavy (non-hydrogen) atoms. The topological polar surface area (TPSA) is 57.7 Å². The number of hydrogen-bond donors (Lipinski definition) is 0. The van der Waals surface area contributed by atoms with E-state index in [0.717, 1.165) is 25.8 Å². The van der Waals surface area contributed by atoms with E-state index in [2.05, 4.69) is 0 Å². The van der Waals surface area contributed by atoms with Crippen molar-refractivity contribution >= 4 is 15.9 Å². The Morgan fingerprint density at radius 3 is 2.37 bits per heavy atom. The molecule has 1 saturated heterocycles. The third kappa shape index (κ3) is 4.72. The molecule has 0 radical (unpaired) electrons. The van der Waals surface area contributed by atoms with Gasteiger partial charge in [0.25, 0.3) is 5.91 Å². The first kappa shape index (κ1) is 20.3. The predicted octanol–water partition coefficient (Wildman–Crippen LogP) is 3.82. The molecule has 0 atom stereocenters. The van der Waals surface area contributed by atoms with Crippen molar-refractivity contribution in [3.8, 4) is 0 Å². The second kappa shape index (κ2) is 8.74. The van der Waals surface area contributed by atoms with Gasteiger partial charge < -0.3 is 4.90 Å². The van der Waals surface area contributed by atoms with E-state index in [1.165, 1.54) is 32.1 Å². The summed E-state index contributed by atoms with van der Waals surface area (Å²) >= 11 is 0. The van der Waals surface area contributed by atoms with Crippen LogP contribution in [0.15, 0.2) is 23.1 Å². The van der Waals surface area contributed by atoms with Crippen LogP contribution in [-0.2, 0) is 10.0 Å². The van der Waals surface area contributed by atoms with Crippen LogP contribution >= 0.6 is 0 Å². The quantitative estimate of drug-likeness (QED) is 0.765. The molecule has 3 rings (SSSR count). The van der Waals surface area contributed by atoms with Gasteiger partial charge in [0.05, 0.1) is 4.90 Å². The fourth-order valence-electron chi connectivity index (χ4n) is 4.32. The summed E-state index contributed by atoms with van der Waals surface area (Å²) in [5.41, 5.74) is 1.17. The van der Waals surface area contributed by atoms with E-state index in [4.69, 9.17) is 0 Å². The third-order valence-electron chi connectivity index (χ3n) is 5.97. The fourth-order valence-corrected chi connectivity index (χ4v) is 6.08. The van der Waals surface area contributed by atoms with Crippen LogP contribution in [0.3, 0.4) is 0 Å². The van der Waals surface area contributed by atoms with Gasteiger partial charge in [-0.15, -0.1) is 0 Å². The van der Waals surface area contributed by atoms with Gasteiger partial charge in [0.2, 0.25) is 10.0 Å². The summed E-state index contributed by atoms with van der Waals surface area (Å²) in [6, 6.07) is 5.10. The molecule has 0 aromatic heterocycles. The maximum absolute atomic E-state index is 13.1. The molecule has 2 fully saturated rings. The zero-order valence-corrected chi connectivity index (χ0v) is 17.4. The summed E-state index contributed by atoms with van der Waals surface area (Å²) < 4.78 is 27.7. The van der Waals surface area contributed by atoms with E-state index in [9.17, 15) is 13.2 Å². The summed E-state index contributed by atoms with van der Waals surface area (Å²) in [7, 11) is -1.71. The Labute approximate surface area is 163 Å². The molecule has 0 spiro atoms. The van der Waals surface area contributed by atoms with E-state index in [-0.39, 0.29) is 10.8 Å². The average molecular weight is 393 g/mol. The number of piperidine rings is 1. The number of benzene rings is 1. The lowest BCUT2D eigenvalue weighted by Crippen LogP contribution is -2.36. The molecule has 0 N–H and O–H groups in total. The van der Waals surface area contributed by atoms with Crippen LogP contribution in [0, 0.1) is 12.8 Å². The Balaban J connectivity index is 1.78. The van der Waals surface area contributed by atoms with Gasteiger partial charge in [-0.25, -0.2) is 8.42 Å². The summed E-state index contributed by atoms with van der Waals surface area (Å²) in [5.74, 6) is 0.477. The first-order valence-electron chi connectivity index (χ1n) is 10.3. The van der Waals surface area contributed by atoms with E-state index < -0.39 is 10.0 Å². The van der Waals surface area contributed by atoms with Crippen LogP contribution in [-0.4, -0.2) is 50.2 Å². The van der Waals surface area contributed by atoms with Crippen LogP contribution in [0.4, 0.5) is 0 Å². The molecule has 1 amide bonds. The van der Waals surface area contributed by atoms with Gasteiger partial charge in [0.15, 0.2) is 0 Å². The molecule has 1 aliphatic heterocycles. The minimum atomic E-state index is -3.54. The van der Waals surface area contributed by atoms with Gasteiger partial charge in [0.1, 0.15) is 0 Å². The van der Waals surface area contributed by atoms with E-state index in [1.54, 1.807) is 34.3 Å². The number of nitrogens with zero attached hydrogens (tertiary/aromatic N) is 2. The second-order valence-electron chi connectivity index (χ2n) is 8.13. The van der Waals surface area contributed by atoms with Crippen molar-refractivity contribution in [1.82, 2.24) is 9.21 Å². The highest BCUT2D eigenvalue weighted by Crippen LogP contribution is 2.26. The number of carbonyl (C=O) groups is 1. The van der Waals surface area contributed by atoms with Crippen LogP contribution in [0.25, 0.3) is 0 Å². The minimum absolute atomic E-state index is 0.0873. The van der Waals surface area contributed by atoms with Gasteiger partial charge in [-0.1, -0.05) is 31.7 Å². The zero-order chi connectivity index (χ0) is 19.4. The first-order valence-corrected chi connectivity index (χ1v) is 11.7. The molecule has 0 unspecified atom stereocenters. The second-order valence-corrected chi connectivity index (χ2v) is 10.0. The van der Waals surface area contributed by atoms with Crippen molar-refractivity contribution in [2.75, 3.05) is 26.7 Å². The van der Waals surface area contributed by atoms with Crippen LogP contribution < -0.4 is 0 Å². The summed E-state index contributed by atoms with van der Waals surface area (Å²) in [6.07, 6.45) is 9.03. The lowest BCUT2D eigenvalue weighted by Gasteiger charge is -2.28. The molecule has 6 heteroatoms. The highest BCUT2D eigenvalue weighted by Gasteiger charge is 2.28. The smallest absolute Gasteiger partial charge is 0.253 e. The Morgan fingerprint density at radius 2 is 1.70 bits per heavy atom. The molecular weight excluding hydrogens is 360 g/mol. The lowest BCUT2D eigenvalue weighted by molar-refractivity contribution is 0.0760. The third-order valence-corrected chi connectivity index (χ3v) is 8.01. The van der Waals surface area contributed by atoms with Crippen molar-refractivity contribution in [3.63, 3.8) is 0 Å². The summed E-state index contributed by atoms with van der Waals surface area (Å²) in [5, 5.41) is 0. The van der Waals surface area contributed by atoms with Crippen LogP contribution in [0.2, 0.25) is 0 Å². The molecule has 1 aromatic rings. The molecule has 1 heterocycles. The van der Waals surface area contributed by atoms with Gasteiger partial charge >= 0.3 is 0 Å². The van der Waals surface area contributed by atoms with Gasteiger partial charge in [-0.3, -0.25) is 4.79 Å². The Hall–Kier alpha value is -1.40. The number of rotatable bonds is 5. The van der Waals surface area contributed by atoms with E-state index in [0.29, 0.717) is 30.1 Å². The molecular formula is C21H32N2O3S. The summed E-state index contributed by atoms with van der Waals surface area (Å²) in [4.78, 5) is 14.9. The van der Waals surface area contributed by atoms with Crippen molar-refractivity contribution < 1.29 is 13.2 Å². The largest absolute Gasteiger partial charge is 0.341 e. The number of carbonyl (C=O) groups excluding carboxylic acids is 1. The maximum atomic E-state index is 13.1. The normalized spacial score (nSPS) is 19.8. The fraction of sp³-hybridized carbons (Fsp3) is 0.667. The molecule has 1 aliphatic carbocycles. The maximum Gasteiger partial charge on any atom is 0.253 e. The van der Waals surface area contributed by atoms with E-state index >= 15 is 0 Å². The first-order chi connectivity index (χ1) is 12.9.